The quantitative estimate of drug-likeness (QED) is 0.413. The van der Waals surface area contributed by atoms with Crippen molar-refractivity contribution >= 4 is 16.8 Å². The maximum atomic E-state index is 12.3. The molecular formula is C21H24F3N5O4. The van der Waals surface area contributed by atoms with Gasteiger partial charge in [0.2, 0.25) is 11.8 Å². The van der Waals surface area contributed by atoms with Crippen molar-refractivity contribution < 1.29 is 32.9 Å². The van der Waals surface area contributed by atoms with Crippen molar-refractivity contribution in [3.8, 4) is 5.88 Å². The number of carbonyl (C=O) groups is 1. The molecule has 0 fully saturated rings. The highest BCUT2D eigenvalue weighted by Gasteiger charge is 2.27. The number of alkyl halides is 3. The zero-order valence-corrected chi connectivity index (χ0v) is 17.8. The number of carbonyl (C=O) groups excluding carboxylic acids is 1. The first-order chi connectivity index (χ1) is 15.6. The summed E-state index contributed by atoms with van der Waals surface area (Å²) in [6.07, 6.45) is -1.58. The van der Waals surface area contributed by atoms with Crippen LogP contribution in [-0.2, 0) is 17.8 Å². The van der Waals surface area contributed by atoms with Gasteiger partial charge >= 0.3 is 6.18 Å². The third kappa shape index (κ3) is 7.12. The van der Waals surface area contributed by atoms with Gasteiger partial charge in [-0.25, -0.2) is 4.98 Å². The summed E-state index contributed by atoms with van der Waals surface area (Å²) in [6, 6.07) is 3.48. The van der Waals surface area contributed by atoms with Crippen LogP contribution >= 0.6 is 0 Å². The van der Waals surface area contributed by atoms with E-state index in [0.717, 1.165) is 5.56 Å². The van der Waals surface area contributed by atoms with E-state index >= 15 is 0 Å². The fourth-order valence-corrected chi connectivity index (χ4v) is 3.09. The first-order valence-electron chi connectivity index (χ1n) is 10.2. The monoisotopic (exact) mass is 467 g/mol. The number of halogens is 3. The third-order valence-electron chi connectivity index (χ3n) is 4.69. The molecule has 0 aliphatic heterocycles. The summed E-state index contributed by atoms with van der Waals surface area (Å²) in [6.45, 7) is 1.04. The zero-order chi connectivity index (χ0) is 24.0. The van der Waals surface area contributed by atoms with E-state index < -0.39 is 31.9 Å². The van der Waals surface area contributed by atoms with Crippen LogP contribution in [0.3, 0.4) is 0 Å². The lowest BCUT2D eigenvalue weighted by Gasteiger charge is -2.11. The number of ether oxygens (including phenoxy) is 1. The fraction of sp³-hybridized carbons (Fsp3) is 0.429. The van der Waals surface area contributed by atoms with Crippen LogP contribution in [0.4, 0.5) is 13.2 Å². The standard InChI is InChI=1S/C21H24F3N5O4/c1-13-6-14(8-27-20(13)33-5-3-21(22,23)24)10-29-11-16-17(28-29)2-4-25-18(16)7-19(32)26-9-15(31)12-30/h2,4,6,8,11,15,30-31H,3,5,7,9-10,12H2,1H3,(H,26,32)/t15-/m0/s1. The van der Waals surface area contributed by atoms with Crippen molar-refractivity contribution in [2.45, 2.75) is 38.6 Å². The van der Waals surface area contributed by atoms with Crippen molar-refractivity contribution in [1.29, 1.82) is 0 Å². The number of pyridine rings is 2. The van der Waals surface area contributed by atoms with E-state index in [4.69, 9.17) is 9.84 Å². The lowest BCUT2D eigenvalue weighted by atomic mass is 10.2. The molecule has 0 unspecified atom stereocenters. The number of amides is 1. The Morgan fingerprint density at radius 1 is 1.33 bits per heavy atom. The highest BCUT2D eigenvalue weighted by atomic mass is 19.4. The predicted molar refractivity (Wildman–Crippen MR) is 112 cm³/mol. The number of hydrogen-bond acceptors (Lipinski definition) is 7. The van der Waals surface area contributed by atoms with E-state index in [0.29, 0.717) is 28.7 Å². The number of aliphatic hydroxyl groups is 2. The summed E-state index contributed by atoms with van der Waals surface area (Å²) >= 11 is 0. The largest absolute Gasteiger partial charge is 0.477 e. The molecule has 0 aromatic carbocycles. The highest BCUT2D eigenvalue weighted by molar-refractivity contribution is 5.86. The second-order valence-electron chi connectivity index (χ2n) is 7.51. The molecule has 1 amide bonds. The van der Waals surface area contributed by atoms with Gasteiger partial charge in [-0.3, -0.25) is 14.5 Å². The zero-order valence-electron chi connectivity index (χ0n) is 17.8. The van der Waals surface area contributed by atoms with Crippen LogP contribution in [0.5, 0.6) is 5.88 Å². The van der Waals surface area contributed by atoms with E-state index in [-0.39, 0.29) is 24.8 Å². The van der Waals surface area contributed by atoms with Crippen molar-refractivity contribution in [3.05, 3.63) is 47.5 Å². The average molecular weight is 467 g/mol. The molecule has 0 saturated heterocycles. The number of hydrogen-bond donors (Lipinski definition) is 3. The lowest BCUT2D eigenvalue weighted by Crippen LogP contribution is -2.34. The number of aliphatic hydroxyl groups excluding tert-OH is 2. The van der Waals surface area contributed by atoms with Gasteiger partial charge in [-0.05, 0) is 24.6 Å². The van der Waals surface area contributed by atoms with E-state index in [2.05, 4.69) is 20.4 Å². The maximum absolute atomic E-state index is 12.3. The van der Waals surface area contributed by atoms with Crippen molar-refractivity contribution in [1.82, 2.24) is 25.1 Å². The highest BCUT2D eigenvalue weighted by Crippen LogP contribution is 2.22. The van der Waals surface area contributed by atoms with Crippen LogP contribution in [0.2, 0.25) is 0 Å². The number of rotatable bonds is 10. The lowest BCUT2D eigenvalue weighted by molar-refractivity contribution is -0.139. The Morgan fingerprint density at radius 2 is 2.12 bits per heavy atom. The topological polar surface area (TPSA) is 122 Å². The van der Waals surface area contributed by atoms with Crippen molar-refractivity contribution in [3.63, 3.8) is 0 Å². The Balaban J connectivity index is 1.67. The van der Waals surface area contributed by atoms with Gasteiger partial charge in [0.1, 0.15) is 0 Å². The SMILES string of the molecule is Cc1cc(Cn2cc3c(CC(=O)NC[C@H](O)CO)nccc3n2)cnc1OCCC(F)(F)F. The molecule has 12 heteroatoms. The summed E-state index contributed by atoms with van der Waals surface area (Å²) in [4.78, 5) is 20.5. The van der Waals surface area contributed by atoms with Gasteiger partial charge in [0.25, 0.3) is 0 Å². The van der Waals surface area contributed by atoms with Crippen molar-refractivity contribution in [2.24, 2.45) is 0 Å². The number of aromatic nitrogens is 4. The first-order valence-corrected chi connectivity index (χ1v) is 10.2. The summed E-state index contributed by atoms with van der Waals surface area (Å²) in [7, 11) is 0. The average Bonchev–Trinajstić information content (AvgIpc) is 3.16. The molecule has 3 rings (SSSR count). The van der Waals surface area contributed by atoms with Gasteiger partial charge < -0.3 is 20.3 Å². The molecule has 33 heavy (non-hydrogen) atoms. The van der Waals surface area contributed by atoms with Crippen LogP contribution in [-0.4, -0.2) is 67.9 Å². The van der Waals surface area contributed by atoms with Crippen LogP contribution < -0.4 is 10.1 Å². The van der Waals surface area contributed by atoms with E-state index in [9.17, 15) is 23.1 Å². The van der Waals surface area contributed by atoms with Crippen molar-refractivity contribution in [2.75, 3.05) is 19.8 Å². The van der Waals surface area contributed by atoms with Gasteiger partial charge in [-0.15, -0.1) is 0 Å². The maximum Gasteiger partial charge on any atom is 0.392 e. The third-order valence-corrected chi connectivity index (χ3v) is 4.69. The fourth-order valence-electron chi connectivity index (χ4n) is 3.09. The van der Waals surface area contributed by atoms with E-state index in [1.807, 2.05) is 0 Å². The molecule has 178 valence electrons. The van der Waals surface area contributed by atoms with Crippen LogP contribution in [0.1, 0.15) is 23.2 Å². The Morgan fingerprint density at radius 3 is 2.82 bits per heavy atom. The molecule has 0 bridgehead atoms. The Bertz CT molecular complexity index is 1100. The number of fused-ring (bicyclic) bond motifs is 1. The van der Waals surface area contributed by atoms with Gasteiger partial charge in [0.15, 0.2) is 0 Å². The second kappa shape index (κ2) is 10.6. The molecule has 9 nitrogen and oxygen atoms in total. The summed E-state index contributed by atoms with van der Waals surface area (Å²) < 4.78 is 43.6. The molecule has 1 atom stereocenters. The molecule has 0 saturated carbocycles. The molecule has 3 aromatic heterocycles. The molecule has 3 N–H and O–H groups in total. The smallest absolute Gasteiger partial charge is 0.392 e. The van der Waals surface area contributed by atoms with Crippen LogP contribution in [0, 0.1) is 6.92 Å². The van der Waals surface area contributed by atoms with Crippen LogP contribution in [0.25, 0.3) is 10.9 Å². The molecular weight excluding hydrogens is 443 g/mol. The van der Waals surface area contributed by atoms with Crippen LogP contribution in [0.15, 0.2) is 30.7 Å². The number of nitrogens with one attached hydrogen (secondary N) is 1. The van der Waals surface area contributed by atoms with Gasteiger partial charge in [-0.2, -0.15) is 18.3 Å². The molecule has 0 spiro atoms. The van der Waals surface area contributed by atoms with Gasteiger partial charge in [0, 0.05) is 36.1 Å². The summed E-state index contributed by atoms with van der Waals surface area (Å²) in [5.41, 5.74) is 2.53. The molecule has 0 aliphatic rings. The Kier molecular flexibility index (Phi) is 7.82. The second-order valence-corrected chi connectivity index (χ2v) is 7.51. The normalized spacial score (nSPS) is 12.7. The minimum absolute atomic E-state index is 0.0220. The first kappa shape index (κ1) is 24.4. The number of aryl methyl sites for hydroxylation is 1. The van der Waals surface area contributed by atoms with Gasteiger partial charge in [0.05, 0.1) is 49.9 Å². The Hall–Kier alpha value is -3.25. The number of nitrogens with zero attached hydrogens (tertiary/aromatic N) is 4. The minimum atomic E-state index is -4.29. The summed E-state index contributed by atoms with van der Waals surface area (Å²) in [5.74, 6) is -0.200. The van der Waals surface area contributed by atoms with E-state index in [1.165, 1.54) is 6.20 Å². The summed E-state index contributed by atoms with van der Waals surface area (Å²) in [5, 5.41) is 25.9. The molecule has 0 aliphatic carbocycles. The molecule has 0 radical (unpaired) electrons. The van der Waals surface area contributed by atoms with Gasteiger partial charge in [-0.1, -0.05) is 0 Å². The molecule has 3 heterocycles. The Labute approximate surface area is 187 Å². The predicted octanol–water partition coefficient (Wildman–Crippen LogP) is 1.53. The minimum Gasteiger partial charge on any atom is -0.477 e. The van der Waals surface area contributed by atoms with E-state index in [1.54, 1.807) is 36.1 Å². The molecule has 3 aromatic rings.